The zero-order valence-electron chi connectivity index (χ0n) is 16.6. The Morgan fingerprint density at radius 3 is 2.61 bits per heavy atom. The number of carbonyl (C=O) groups excluding carboxylic acids is 2. The van der Waals surface area contributed by atoms with Crippen LogP contribution in [-0.4, -0.2) is 39.0 Å². The number of ether oxygens (including phenoxy) is 1. The predicted molar refractivity (Wildman–Crippen MR) is 105 cm³/mol. The van der Waals surface area contributed by atoms with Crippen molar-refractivity contribution in [1.29, 1.82) is 0 Å². The van der Waals surface area contributed by atoms with Crippen LogP contribution in [0.5, 0.6) is 5.75 Å². The number of amides is 2. The summed E-state index contributed by atoms with van der Waals surface area (Å²) in [6.07, 6.45) is 2.24. The van der Waals surface area contributed by atoms with Gasteiger partial charge in [-0.2, -0.15) is 0 Å². The van der Waals surface area contributed by atoms with Crippen molar-refractivity contribution in [2.24, 2.45) is 5.92 Å². The lowest BCUT2D eigenvalue weighted by Crippen LogP contribution is -2.36. The molecule has 1 unspecified atom stereocenters. The van der Waals surface area contributed by atoms with Crippen molar-refractivity contribution in [2.75, 3.05) is 12.4 Å². The number of hydrogen-bond donors (Lipinski definition) is 2. The Morgan fingerprint density at radius 2 is 2.00 bits per heavy atom. The lowest BCUT2D eigenvalue weighted by Gasteiger charge is -2.19. The van der Waals surface area contributed by atoms with E-state index >= 15 is 0 Å². The minimum atomic E-state index is -3.68. The van der Waals surface area contributed by atoms with Gasteiger partial charge in [-0.1, -0.05) is 18.2 Å². The minimum absolute atomic E-state index is 0.131. The summed E-state index contributed by atoms with van der Waals surface area (Å²) in [5, 5.41) is 2.21. The van der Waals surface area contributed by atoms with Crippen LogP contribution < -0.4 is 14.8 Å². The van der Waals surface area contributed by atoms with E-state index in [0.717, 1.165) is 6.07 Å². The molecule has 1 aliphatic heterocycles. The monoisotopic (exact) mass is 460 g/mol. The number of hydrogen-bond acceptors (Lipinski definition) is 5. The molecular weight excluding hydrogens is 437 g/mol. The van der Waals surface area contributed by atoms with Crippen molar-refractivity contribution in [3.05, 3.63) is 41.7 Å². The van der Waals surface area contributed by atoms with Gasteiger partial charge in [-0.15, -0.1) is 0 Å². The second kappa shape index (κ2) is 9.39. The van der Waals surface area contributed by atoms with E-state index in [-0.39, 0.29) is 36.2 Å². The smallest absolute Gasteiger partial charge is 0.272 e. The molecule has 1 atom stereocenters. The fourth-order valence-electron chi connectivity index (χ4n) is 3.39. The van der Waals surface area contributed by atoms with E-state index in [0.29, 0.717) is 24.8 Å². The third-order valence-electron chi connectivity index (χ3n) is 5.16. The zero-order valence-corrected chi connectivity index (χ0v) is 17.4. The molecule has 0 aromatic heterocycles. The van der Waals surface area contributed by atoms with Gasteiger partial charge in [0.05, 0.1) is 17.2 Å². The average Bonchev–Trinajstić information content (AvgIpc) is 3.37. The molecule has 2 fully saturated rings. The quantitative estimate of drug-likeness (QED) is 0.390. The molecule has 3 rings (SSSR count). The summed E-state index contributed by atoms with van der Waals surface area (Å²) >= 11 is 0. The highest BCUT2D eigenvalue weighted by atomic mass is 32.2. The van der Waals surface area contributed by atoms with Gasteiger partial charge in [-0.05, 0) is 43.4 Å². The van der Waals surface area contributed by atoms with Gasteiger partial charge in [-0.3, -0.25) is 14.9 Å². The van der Waals surface area contributed by atoms with E-state index < -0.39 is 40.3 Å². The van der Waals surface area contributed by atoms with Crippen LogP contribution in [0.1, 0.15) is 37.7 Å². The fourth-order valence-corrected chi connectivity index (χ4v) is 4.85. The molecule has 0 bridgehead atoms. The fraction of sp³-hybridized carbons (Fsp3) is 0.500. The van der Waals surface area contributed by atoms with Crippen LogP contribution in [0, 0.1) is 11.7 Å². The van der Waals surface area contributed by atoms with E-state index in [9.17, 15) is 31.2 Å². The van der Waals surface area contributed by atoms with E-state index in [1.807, 2.05) is 0 Å². The molecular formula is C20H23F3N2O5S. The summed E-state index contributed by atoms with van der Waals surface area (Å²) in [4.78, 5) is 22.6. The van der Waals surface area contributed by atoms with Gasteiger partial charge in [0.1, 0.15) is 6.61 Å². The normalized spacial score (nSPS) is 20.5. The first-order valence-electron chi connectivity index (χ1n) is 9.81. The molecule has 1 saturated carbocycles. The Morgan fingerprint density at radius 1 is 1.26 bits per heavy atom. The van der Waals surface area contributed by atoms with Gasteiger partial charge < -0.3 is 4.74 Å². The Balaban J connectivity index is 1.54. The topological polar surface area (TPSA) is 102 Å². The second-order valence-electron chi connectivity index (χ2n) is 7.66. The largest absolute Gasteiger partial charge is 0.485 e. The molecule has 2 amide bonds. The summed E-state index contributed by atoms with van der Waals surface area (Å²) in [6.45, 7) is -0.956. The lowest BCUT2D eigenvalue weighted by atomic mass is 10.0. The molecule has 1 heterocycles. The molecule has 2 aliphatic rings. The first kappa shape index (κ1) is 23.3. The van der Waals surface area contributed by atoms with E-state index in [1.54, 1.807) is 12.2 Å². The molecule has 0 spiro atoms. The lowest BCUT2D eigenvalue weighted by molar-refractivity contribution is -0.125. The van der Waals surface area contributed by atoms with Gasteiger partial charge in [0.15, 0.2) is 11.6 Å². The molecule has 1 saturated heterocycles. The Labute approximate surface area is 178 Å². The van der Waals surface area contributed by atoms with Crippen molar-refractivity contribution in [1.82, 2.24) is 10.0 Å². The highest BCUT2D eigenvalue weighted by Gasteiger charge is 2.47. The highest BCUT2D eigenvalue weighted by Crippen LogP contribution is 2.47. The molecule has 11 heteroatoms. The summed E-state index contributed by atoms with van der Waals surface area (Å²) in [6, 6.07) is 3.73. The maximum absolute atomic E-state index is 13.8. The van der Waals surface area contributed by atoms with Gasteiger partial charge in [0, 0.05) is 6.42 Å². The molecule has 0 radical (unpaired) electrons. The summed E-state index contributed by atoms with van der Waals surface area (Å²) in [7, 11) is -3.68. The van der Waals surface area contributed by atoms with Gasteiger partial charge in [0.25, 0.3) is 6.43 Å². The maximum Gasteiger partial charge on any atom is 0.272 e. The van der Waals surface area contributed by atoms with E-state index in [1.165, 1.54) is 12.1 Å². The van der Waals surface area contributed by atoms with Crippen LogP contribution in [0.4, 0.5) is 13.2 Å². The number of halogens is 3. The number of imide groups is 1. The minimum Gasteiger partial charge on any atom is -0.485 e. The number of rotatable bonds is 11. The molecule has 1 aromatic rings. The first-order valence-corrected chi connectivity index (χ1v) is 11.5. The number of alkyl halides is 2. The van der Waals surface area contributed by atoms with E-state index in [2.05, 4.69) is 10.0 Å². The molecule has 2 N–H and O–H groups in total. The van der Waals surface area contributed by atoms with E-state index in [4.69, 9.17) is 4.74 Å². The number of sulfonamides is 1. The third kappa shape index (κ3) is 6.30. The predicted octanol–water partition coefficient (Wildman–Crippen LogP) is 2.38. The van der Waals surface area contributed by atoms with Crippen LogP contribution in [0.2, 0.25) is 0 Å². The molecule has 1 aromatic carbocycles. The number of carbonyl (C=O) groups is 2. The van der Waals surface area contributed by atoms with Crippen molar-refractivity contribution in [2.45, 2.75) is 44.1 Å². The molecule has 7 nitrogen and oxygen atoms in total. The molecule has 1 aliphatic carbocycles. The van der Waals surface area contributed by atoms with Crippen molar-refractivity contribution < 1.29 is 35.9 Å². The van der Waals surface area contributed by atoms with Crippen LogP contribution in [0.15, 0.2) is 30.4 Å². The standard InChI is InChI=1S/C20H23F3N2O5S/c21-15-6-5-14(11-16(15)30-12-17(22)23)20(7-8-20)25-31(28,29)9-3-1-2-4-13-10-18(26)24-19(13)27/h1-2,5-6,11,13,17,25H,3-4,7-10,12H2,(H,24,26,27)/b2-1+. The SMILES string of the molecule is O=C1CC(C/C=C/CCS(=O)(=O)NC2(c3ccc(F)c(OCC(F)F)c3)CC2)C(=O)N1. The number of allylic oxidation sites excluding steroid dienone is 2. The second-order valence-corrected chi connectivity index (χ2v) is 9.50. The highest BCUT2D eigenvalue weighted by molar-refractivity contribution is 7.89. The average molecular weight is 460 g/mol. The Bertz CT molecular complexity index is 977. The van der Waals surface area contributed by atoms with Gasteiger partial charge in [0.2, 0.25) is 21.8 Å². The van der Waals surface area contributed by atoms with Crippen LogP contribution in [0.3, 0.4) is 0 Å². The van der Waals surface area contributed by atoms with Crippen LogP contribution >= 0.6 is 0 Å². The molecule has 31 heavy (non-hydrogen) atoms. The Kier molecular flexibility index (Phi) is 7.05. The number of nitrogens with one attached hydrogen (secondary N) is 2. The third-order valence-corrected chi connectivity index (χ3v) is 6.63. The molecule has 170 valence electrons. The van der Waals surface area contributed by atoms with Crippen LogP contribution in [0.25, 0.3) is 0 Å². The van der Waals surface area contributed by atoms with Crippen molar-refractivity contribution in [3.63, 3.8) is 0 Å². The maximum atomic E-state index is 13.8. The van der Waals surface area contributed by atoms with Crippen molar-refractivity contribution >= 4 is 21.8 Å². The Hall–Kier alpha value is -2.40. The zero-order chi connectivity index (χ0) is 22.6. The number of benzene rings is 1. The van der Waals surface area contributed by atoms with Crippen LogP contribution in [-0.2, 0) is 25.2 Å². The summed E-state index contributed by atoms with van der Waals surface area (Å²) in [5.41, 5.74) is -0.448. The first-order chi connectivity index (χ1) is 14.6. The van der Waals surface area contributed by atoms with Gasteiger partial charge in [-0.25, -0.2) is 26.3 Å². The summed E-state index contributed by atoms with van der Waals surface area (Å²) < 4.78 is 70.8. The van der Waals surface area contributed by atoms with Gasteiger partial charge >= 0.3 is 0 Å². The summed E-state index contributed by atoms with van der Waals surface area (Å²) in [5.74, 6) is -2.40. The van der Waals surface area contributed by atoms with Crippen molar-refractivity contribution in [3.8, 4) is 5.75 Å².